The Labute approximate surface area is 228 Å². The summed E-state index contributed by atoms with van der Waals surface area (Å²) in [6.45, 7) is 6.37. The van der Waals surface area contributed by atoms with Crippen LogP contribution in [0.25, 0.3) is 0 Å². The zero-order valence-electron chi connectivity index (χ0n) is 22.0. The number of nitrogens with one attached hydrogen (secondary N) is 1. The van der Waals surface area contributed by atoms with Crippen LogP contribution in [0, 0.1) is 23.2 Å². The Morgan fingerprint density at radius 3 is 2.23 bits per heavy atom. The molecule has 0 radical (unpaired) electrons. The van der Waals surface area contributed by atoms with Gasteiger partial charge in [-0.15, -0.1) is 0 Å². The molecule has 3 saturated heterocycles. The van der Waals surface area contributed by atoms with Crippen LogP contribution in [0.3, 0.4) is 0 Å². The molecule has 3 heterocycles. The van der Waals surface area contributed by atoms with E-state index >= 15 is 0 Å². The van der Waals surface area contributed by atoms with E-state index < -0.39 is 52.2 Å². The number of imide groups is 1. The smallest absolute Gasteiger partial charge is 0.417 e. The third kappa shape index (κ3) is 4.69. The van der Waals surface area contributed by atoms with Crippen LogP contribution in [0.5, 0.6) is 5.75 Å². The summed E-state index contributed by atoms with van der Waals surface area (Å²) in [7, 11) is 0. The van der Waals surface area contributed by atoms with Gasteiger partial charge >= 0.3 is 6.18 Å². The van der Waals surface area contributed by atoms with E-state index in [9.17, 15) is 27.6 Å². The first kappa shape index (κ1) is 27.6. The minimum absolute atomic E-state index is 0.176. The number of nitrogens with zero attached hydrogens (tertiary/aromatic N) is 3. The zero-order chi connectivity index (χ0) is 29.0. The number of hydrogen-bond acceptors (Lipinski definition) is 7. The molecule has 1 N–H and O–H groups in total. The second-order valence-corrected chi connectivity index (χ2v) is 10.8. The molecule has 40 heavy (non-hydrogen) atoms. The summed E-state index contributed by atoms with van der Waals surface area (Å²) in [4.78, 5) is 41.3. The first-order valence-electron chi connectivity index (χ1n) is 12.7. The Morgan fingerprint density at radius 1 is 1.10 bits per heavy atom. The molecule has 3 aliphatic heterocycles. The van der Waals surface area contributed by atoms with Crippen molar-refractivity contribution in [3.05, 3.63) is 53.6 Å². The summed E-state index contributed by atoms with van der Waals surface area (Å²) in [5, 5.41) is 11.8. The molecule has 2 aromatic rings. The Kier molecular flexibility index (Phi) is 6.63. The largest absolute Gasteiger partial charge is 0.492 e. The number of hydrogen-bond donors (Lipinski definition) is 1. The third-order valence-electron chi connectivity index (χ3n) is 7.70. The maximum Gasteiger partial charge on any atom is 0.417 e. The van der Waals surface area contributed by atoms with Gasteiger partial charge in [-0.05, 0) is 56.3 Å². The lowest BCUT2D eigenvalue weighted by molar-refractivity contribution is -0.169. The van der Waals surface area contributed by atoms with Crippen LogP contribution in [0.15, 0.2) is 42.5 Å². The predicted molar refractivity (Wildman–Crippen MR) is 136 cm³/mol. The summed E-state index contributed by atoms with van der Waals surface area (Å²) >= 11 is 0. The normalized spacial score (nSPS) is 27.9. The minimum atomic E-state index is -4.82. The van der Waals surface area contributed by atoms with Gasteiger partial charge in [-0.25, -0.2) is 4.90 Å². The molecular formula is C28H27F3N4O5. The second-order valence-electron chi connectivity index (χ2n) is 10.8. The van der Waals surface area contributed by atoms with E-state index in [1.165, 1.54) is 19.1 Å². The summed E-state index contributed by atoms with van der Waals surface area (Å²) in [5.41, 5.74) is -3.44. The molecule has 0 aliphatic carbocycles. The number of carbonyl (C=O) groups excluding carboxylic acids is 3. The van der Waals surface area contributed by atoms with Gasteiger partial charge in [0.1, 0.15) is 12.4 Å². The van der Waals surface area contributed by atoms with E-state index in [1.54, 1.807) is 38.1 Å². The first-order valence-corrected chi connectivity index (χ1v) is 12.7. The van der Waals surface area contributed by atoms with Crippen molar-refractivity contribution in [3.63, 3.8) is 0 Å². The number of nitriles is 1. The molecule has 210 valence electrons. The fourth-order valence-electron chi connectivity index (χ4n) is 6.31. The average Bonchev–Trinajstić information content (AvgIpc) is 3.24. The minimum Gasteiger partial charge on any atom is -0.492 e. The molecule has 4 atom stereocenters. The number of morpholine rings is 1. The van der Waals surface area contributed by atoms with Gasteiger partial charge < -0.3 is 14.8 Å². The van der Waals surface area contributed by atoms with Crippen LogP contribution < -0.4 is 15.0 Å². The van der Waals surface area contributed by atoms with E-state index in [0.29, 0.717) is 43.7 Å². The summed E-state index contributed by atoms with van der Waals surface area (Å²) in [5.74, 6) is -2.54. The highest BCUT2D eigenvalue weighted by molar-refractivity contribution is 6.23. The number of ether oxygens (including phenoxy) is 2. The molecule has 0 saturated carbocycles. The van der Waals surface area contributed by atoms with Crippen LogP contribution in [0.2, 0.25) is 0 Å². The van der Waals surface area contributed by atoms with E-state index in [1.807, 2.05) is 0 Å². The number of benzene rings is 2. The Bertz CT molecular complexity index is 1390. The molecule has 2 aromatic carbocycles. The van der Waals surface area contributed by atoms with Crippen LogP contribution in [0.1, 0.15) is 31.9 Å². The molecular weight excluding hydrogens is 529 g/mol. The van der Waals surface area contributed by atoms with Gasteiger partial charge in [0.05, 0.1) is 45.9 Å². The highest BCUT2D eigenvalue weighted by atomic mass is 19.4. The number of rotatable bonds is 6. The highest BCUT2D eigenvalue weighted by Crippen LogP contribution is 2.55. The van der Waals surface area contributed by atoms with Crippen molar-refractivity contribution in [3.8, 4) is 11.8 Å². The molecule has 12 heteroatoms. The number of likely N-dealkylation sites (tertiary alicyclic amines) is 1. The van der Waals surface area contributed by atoms with Gasteiger partial charge in [0.15, 0.2) is 0 Å². The van der Waals surface area contributed by atoms with Gasteiger partial charge in [0, 0.05) is 32.2 Å². The SMILES string of the molecule is CC(=O)Nc1ccc(OCCN2CC3(C)O[C@](C)(C2)[C@@H]2C(=O)N(c4ccc(C#N)c(C(F)(F)F)c4)C(=O)C23)cc1. The van der Waals surface area contributed by atoms with E-state index in [0.717, 1.165) is 11.0 Å². The summed E-state index contributed by atoms with van der Waals surface area (Å²) in [6, 6.07) is 11.3. The zero-order valence-corrected chi connectivity index (χ0v) is 22.0. The van der Waals surface area contributed by atoms with Gasteiger partial charge in [-0.2, -0.15) is 18.4 Å². The van der Waals surface area contributed by atoms with Gasteiger partial charge in [-0.3, -0.25) is 19.3 Å². The lowest BCUT2D eigenvalue weighted by atomic mass is 9.79. The molecule has 0 spiro atoms. The average molecular weight is 557 g/mol. The monoisotopic (exact) mass is 556 g/mol. The van der Waals surface area contributed by atoms with Crippen LogP contribution >= 0.6 is 0 Å². The maximum atomic E-state index is 13.6. The van der Waals surface area contributed by atoms with Crippen molar-refractivity contribution in [2.24, 2.45) is 11.8 Å². The molecule has 3 amide bonds. The number of amides is 3. The standard InChI is InChI=1S/C28H27F3N4O5/c1-16(36)33-18-5-8-20(9-6-18)39-11-10-34-14-26(2)22-23(27(3,15-34)40-26)25(38)35(24(22)37)19-7-4-17(13-32)21(12-19)28(29,30)31/h4-9,12,22-23H,10-11,14-15H2,1-3H3,(H,33,36)/t22-,23?,26+,27?/m0/s1. The summed E-state index contributed by atoms with van der Waals surface area (Å²) in [6.07, 6.45) is -4.82. The topological polar surface area (TPSA) is 112 Å². The van der Waals surface area contributed by atoms with Crippen molar-refractivity contribution in [2.45, 2.75) is 38.1 Å². The molecule has 0 aromatic heterocycles. The first-order chi connectivity index (χ1) is 18.8. The summed E-state index contributed by atoms with van der Waals surface area (Å²) < 4.78 is 52.8. The Hall–Kier alpha value is -3.95. The van der Waals surface area contributed by atoms with Gasteiger partial charge in [0.25, 0.3) is 0 Å². The van der Waals surface area contributed by atoms with E-state index in [2.05, 4.69) is 10.2 Å². The van der Waals surface area contributed by atoms with Crippen molar-refractivity contribution in [2.75, 3.05) is 36.5 Å². The van der Waals surface area contributed by atoms with Crippen LogP contribution in [-0.4, -0.2) is 60.1 Å². The number of anilines is 2. The predicted octanol–water partition coefficient (Wildman–Crippen LogP) is 3.58. The lowest BCUT2D eigenvalue weighted by Gasteiger charge is -2.45. The van der Waals surface area contributed by atoms with Crippen molar-refractivity contribution < 1.29 is 37.0 Å². The number of alkyl halides is 3. The van der Waals surface area contributed by atoms with Crippen molar-refractivity contribution >= 4 is 29.1 Å². The maximum absolute atomic E-state index is 13.6. The molecule has 3 aliphatic rings. The lowest BCUT2D eigenvalue weighted by Crippen LogP contribution is -2.58. The quantitative estimate of drug-likeness (QED) is 0.542. The number of carbonyl (C=O) groups is 3. The molecule has 3 fully saturated rings. The fraction of sp³-hybridized carbons (Fsp3) is 0.429. The Morgan fingerprint density at radius 2 is 1.70 bits per heavy atom. The van der Waals surface area contributed by atoms with Crippen molar-refractivity contribution in [1.82, 2.24) is 4.90 Å². The second kappa shape index (κ2) is 9.60. The fourth-order valence-corrected chi connectivity index (χ4v) is 6.31. The van der Waals surface area contributed by atoms with E-state index in [4.69, 9.17) is 14.7 Å². The molecule has 5 rings (SSSR count). The third-order valence-corrected chi connectivity index (χ3v) is 7.70. The van der Waals surface area contributed by atoms with Crippen LogP contribution in [-0.2, 0) is 25.3 Å². The molecule has 2 unspecified atom stereocenters. The van der Waals surface area contributed by atoms with Gasteiger partial charge in [-0.1, -0.05) is 0 Å². The Balaban J connectivity index is 1.31. The van der Waals surface area contributed by atoms with Gasteiger partial charge in [0.2, 0.25) is 17.7 Å². The van der Waals surface area contributed by atoms with Crippen LogP contribution in [0.4, 0.5) is 24.5 Å². The number of fused-ring (bicyclic) bond motifs is 5. The molecule has 2 bridgehead atoms. The van der Waals surface area contributed by atoms with E-state index in [-0.39, 0.29) is 11.6 Å². The van der Waals surface area contributed by atoms with Crippen molar-refractivity contribution in [1.29, 1.82) is 5.26 Å². The molecule has 9 nitrogen and oxygen atoms in total. The number of halogens is 3. The highest BCUT2D eigenvalue weighted by Gasteiger charge is 2.71.